The van der Waals surface area contributed by atoms with Crippen LogP contribution in [0.15, 0.2) is 16.9 Å². The smallest absolute Gasteiger partial charge is 0.324 e. The van der Waals surface area contributed by atoms with Crippen LogP contribution in [0.1, 0.15) is 13.3 Å². The summed E-state index contributed by atoms with van der Waals surface area (Å²) in [5.74, 6) is -0.264. The summed E-state index contributed by atoms with van der Waals surface area (Å²) < 4.78 is 7.33. The van der Waals surface area contributed by atoms with Crippen molar-refractivity contribution in [1.82, 2.24) is 15.1 Å². The minimum Gasteiger partial charge on any atom is -0.468 e. The van der Waals surface area contributed by atoms with E-state index < -0.39 is 0 Å². The van der Waals surface area contributed by atoms with E-state index in [1.807, 2.05) is 13.1 Å². The predicted molar refractivity (Wildman–Crippen MR) is 64.0 cm³/mol. The van der Waals surface area contributed by atoms with Crippen LogP contribution in [0.2, 0.25) is 0 Å². The molecule has 1 unspecified atom stereocenters. The molecule has 1 heterocycles. The standard InChI is InChI=1S/C10H16BrN3O2/c1-3-4-12-9(10(15)16-2)7-14-6-8(11)5-13-14/h5-6,9,12H,3-4,7H2,1-2H3. The topological polar surface area (TPSA) is 56.2 Å². The van der Waals surface area contributed by atoms with Crippen molar-refractivity contribution in [2.24, 2.45) is 0 Å². The molecule has 90 valence electrons. The third-order valence-corrected chi connectivity index (χ3v) is 2.51. The van der Waals surface area contributed by atoms with Gasteiger partial charge in [0.1, 0.15) is 6.04 Å². The summed E-state index contributed by atoms with van der Waals surface area (Å²) in [6.07, 6.45) is 4.48. The van der Waals surface area contributed by atoms with E-state index in [4.69, 9.17) is 4.74 Å². The normalized spacial score (nSPS) is 12.4. The highest BCUT2D eigenvalue weighted by Gasteiger charge is 2.18. The molecule has 0 aliphatic carbocycles. The van der Waals surface area contributed by atoms with E-state index in [0.29, 0.717) is 6.54 Å². The number of aromatic nitrogens is 2. The number of carbonyl (C=O) groups excluding carboxylic acids is 1. The second-order valence-corrected chi connectivity index (χ2v) is 4.33. The highest BCUT2D eigenvalue weighted by molar-refractivity contribution is 9.10. The molecule has 0 spiro atoms. The molecule has 5 nitrogen and oxygen atoms in total. The number of esters is 1. The van der Waals surface area contributed by atoms with Crippen LogP contribution in [0, 0.1) is 0 Å². The number of methoxy groups -OCH3 is 1. The molecule has 0 aliphatic heterocycles. The molecule has 16 heavy (non-hydrogen) atoms. The second-order valence-electron chi connectivity index (χ2n) is 3.41. The number of ether oxygens (including phenoxy) is 1. The first-order chi connectivity index (χ1) is 7.67. The maximum absolute atomic E-state index is 11.5. The highest BCUT2D eigenvalue weighted by Crippen LogP contribution is 2.07. The number of hydrogen-bond donors (Lipinski definition) is 1. The Morgan fingerprint density at radius 2 is 2.50 bits per heavy atom. The molecule has 0 saturated carbocycles. The van der Waals surface area contributed by atoms with Crippen LogP contribution in [0.4, 0.5) is 0 Å². The van der Waals surface area contributed by atoms with Crippen LogP contribution in [-0.2, 0) is 16.1 Å². The van der Waals surface area contributed by atoms with Gasteiger partial charge in [-0.25, -0.2) is 0 Å². The quantitative estimate of drug-likeness (QED) is 0.800. The van der Waals surface area contributed by atoms with Gasteiger partial charge in [-0.15, -0.1) is 0 Å². The Labute approximate surface area is 103 Å². The lowest BCUT2D eigenvalue weighted by Gasteiger charge is -2.15. The fourth-order valence-corrected chi connectivity index (χ4v) is 1.64. The summed E-state index contributed by atoms with van der Waals surface area (Å²) in [6.45, 7) is 3.30. The lowest BCUT2D eigenvalue weighted by molar-refractivity contribution is -0.143. The summed E-state index contributed by atoms with van der Waals surface area (Å²) in [6, 6.07) is -0.350. The van der Waals surface area contributed by atoms with Gasteiger partial charge in [-0.05, 0) is 28.9 Å². The lowest BCUT2D eigenvalue weighted by atomic mass is 10.3. The third-order valence-electron chi connectivity index (χ3n) is 2.10. The molecular formula is C10H16BrN3O2. The van der Waals surface area contributed by atoms with Gasteiger partial charge in [0, 0.05) is 6.20 Å². The van der Waals surface area contributed by atoms with Gasteiger partial charge < -0.3 is 10.1 Å². The molecular weight excluding hydrogens is 274 g/mol. The van der Waals surface area contributed by atoms with Gasteiger partial charge in [0.2, 0.25) is 0 Å². The summed E-state index contributed by atoms with van der Waals surface area (Å²) in [5, 5.41) is 7.23. The van der Waals surface area contributed by atoms with Crippen molar-refractivity contribution in [2.75, 3.05) is 13.7 Å². The minimum absolute atomic E-state index is 0.264. The van der Waals surface area contributed by atoms with Crippen LogP contribution in [0.25, 0.3) is 0 Å². The molecule has 0 aliphatic rings. The fourth-order valence-electron chi connectivity index (χ4n) is 1.31. The average Bonchev–Trinajstić information content (AvgIpc) is 2.69. The zero-order valence-corrected chi connectivity index (χ0v) is 11.0. The Morgan fingerprint density at radius 3 is 3.00 bits per heavy atom. The van der Waals surface area contributed by atoms with Gasteiger partial charge in [0.05, 0.1) is 24.3 Å². The second kappa shape index (κ2) is 6.65. The molecule has 1 N–H and O–H groups in total. The molecule has 0 aromatic carbocycles. The Balaban J connectivity index is 2.59. The van der Waals surface area contributed by atoms with Gasteiger partial charge >= 0.3 is 5.97 Å². The summed E-state index contributed by atoms with van der Waals surface area (Å²) in [5.41, 5.74) is 0. The molecule has 0 fully saturated rings. The molecule has 1 atom stereocenters. The van der Waals surface area contributed by atoms with E-state index in [1.54, 1.807) is 10.9 Å². The van der Waals surface area contributed by atoms with Gasteiger partial charge in [-0.3, -0.25) is 9.48 Å². The molecule has 0 radical (unpaired) electrons. The monoisotopic (exact) mass is 289 g/mol. The lowest BCUT2D eigenvalue weighted by Crippen LogP contribution is -2.41. The Bertz CT molecular complexity index is 341. The predicted octanol–water partition coefficient (Wildman–Crippen LogP) is 1.19. The van der Waals surface area contributed by atoms with Crippen molar-refractivity contribution >= 4 is 21.9 Å². The van der Waals surface area contributed by atoms with Crippen LogP contribution in [0.5, 0.6) is 0 Å². The number of nitrogens with zero attached hydrogens (tertiary/aromatic N) is 2. The van der Waals surface area contributed by atoms with Crippen LogP contribution < -0.4 is 5.32 Å². The minimum atomic E-state index is -0.350. The Morgan fingerprint density at radius 1 is 1.75 bits per heavy atom. The summed E-state index contributed by atoms with van der Waals surface area (Å²) in [4.78, 5) is 11.5. The summed E-state index contributed by atoms with van der Waals surface area (Å²) >= 11 is 3.31. The first kappa shape index (κ1) is 13.2. The maximum atomic E-state index is 11.5. The number of carbonyl (C=O) groups is 1. The molecule has 0 amide bonds. The third kappa shape index (κ3) is 3.94. The zero-order chi connectivity index (χ0) is 12.0. The molecule has 1 rings (SSSR count). The maximum Gasteiger partial charge on any atom is 0.324 e. The molecule has 1 aromatic heterocycles. The molecule has 0 bridgehead atoms. The van der Waals surface area contributed by atoms with E-state index in [1.165, 1.54) is 7.11 Å². The SMILES string of the molecule is CCCNC(Cn1cc(Br)cn1)C(=O)OC. The van der Waals surface area contributed by atoms with Crippen molar-refractivity contribution in [1.29, 1.82) is 0 Å². The molecule has 1 aromatic rings. The molecule has 6 heteroatoms. The zero-order valence-electron chi connectivity index (χ0n) is 9.44. The van der Waals surface area contributed by atoms with Crippen LogP contribution >= 0.6 is 15.9 Å². The van der Waals surface area contributed by atoms with E-state index in [-0.39, 0.29) is 12.0 Å². The van der Waals surface area contributed by atoms with Crippen molar-refractivity contribution in [3.8, 4) is 0 Å². The largest absolute Gasteiger partial charge is 0.468 e. The van der Waals surface area contributed by atoms with Crippen molar-refractivity contribution in [3.05, 3.63) is 16.9 Å². The first-order valence-electron chi connectivity index (χ1n) is 5.16. The van der Waals surface area contributed by atoms with Gasteiger partial charge in [-0.1, -0.05) is 6.92 Å². The summed E-state index contributed by atoms with van der Waals surface area (Å²) in [7, 11) is 1.39. The van der Waals surface area contributed by atoms with Crippen LogP contribution in [-0.4, -0.2) is 35.4 Å². The van der Waals surface area contributed by atoms with Crippen LogP contribution in [0.3, 0.4) is 0 Å². The number of hydrogen-bond acceptors (Lipinski definition) is 4. The average molecular weight is 290 g/mol. The van der Waals surface area contributed by atoms with Crippen molar-refractivity contribution < 1.29 is 9.53 Å². The van der Waals surface area contributed by atoms with E-state index in [9.17, 15) is 4.79 Å². The van der Waals surface area contributed by atoms with Gasteiger partial charge in [0.15, 0.2) is 0 Å². The highest BCUT2D eigenvalue weighted by atomic mass is 79.9. The van der Waals surface area contributed by atoms with Crippen molar-refractivity contribution in [2.45, 2.75) is 25.9 Å². The fraction of sp³-hybridized carbons (Fsp3) is 0.600. The first-order valence-corrected chi connectivity index (χ1v) is 5.95. The van der Waals surface area contributed by atoms with Crippen molar-refractivity contribution in [3.63, 3.8) is 0 Å². The van der Waals surface area contributed by atoms with Gasteiger partial charge in [-0.2, -0.15) is 5.10 Å². The van der Waals surface area contributed by atoms with E-state index >= 15 is 0 Å². The number of rotatable bonds is 6. The van der Waals surface area contributed by atoms with E-state index in [2.05, 4.69) is 26.3 Å². The Hall–Kier alpha value is -0.880. The number of halogens is 1. The van der Waals surface area contributed by atoms with E-state index in [0.717, 1.165) is 17.4 Å². The molecule has 0 saturated heterocycles. The van der Waals surface area contributed by atoms with Gasteiger partial charge in [0.25, 0.3) is 0 Å². The number of nitrogens with one attached hydrogen (secondary N) is 1. The Kier molecular flexibility index (Phi) is 5.48.